The fraction of sp³-hybridized carbons (Fsp3) is 0.333. The van der Waals surface area contributed by atoms with E-state index < -0.39 is 11.9 Å². The number of benzene rings is 1. The van der Waals surface area contributed by atoms with Gasteiger partial charge in [-0.1, -0.05) is 55.8 Å². The molecule has 0 fully saturated rings. The lowest BCUT2D eigenvalue weighted by Gasteiger charge is -2.18. The third-order valence-electron chi connectivity index (χ3n) is 3.60. The highest BCUT2D eigenvalue weighted by Gasteiger charge is 2.19. The van der Waals surface area contributed by atoms with E-state index in [4.69, 9.17) is 33.7 Å². The zero-order chi connectivity index (χ0) is 22.0. The van der Waals surface area contributed by atoms with Crippen LogP contribution in [-0.4, -0.2) is 17.4 Å². The first-order valence-electron chi connectivity index (χ1n) is 9.14. The molecule has 8 heteroatoms. The number of rotatable bonds is 5. The van der Waals surface area contributed by atoms with Gasteiger partial charge in [-0.05, 0) is 19.1 Å². The second-order valence-corrected chi connectivity index (χ2v) is 6.34. The molecule has 29 heavy (non-hydrogen) atoms. The summed E-state index contributed by atoms with van der Waals surface area (Å²) in [6.45, 7) is 7.65. The van der Waals surface area contributed by atoms with Crippen LogP contribution in [0.25, 0.3) is 0 Å². The van der Waals surface area contributed by atoms with Crippen molar-refractivity contribution in [3.8, 4) is 17.6 Å². The molecule has 1 amide bonds. The van der Waals surface area contributed by atoms with Crippen molar-refractivity contribution in [2.24, 2.45) is 0 Å². The predicted octanol–water partition coefficient (Wildman–Crippen LogP) is 5.15. The van der Waals surface area contributed by atoms with Gasteiger partial charge in [0.05, 0.1) is 11.6 Å². The highest BCUT2D eigenvalue weighted by Crippen LogP contribution is 2.35. The normalized spacial score (nSPS) is 10.7. The Balaban J connectivity index is 0.00000204. The lowest BCUT2D eigenvalue weighted by molar-refractivity contribution is -0.120. The van der Waals surface area contributed by atoms with Crippen molar-refractivity contribution in [3.63, 3.8) is 0 Å². The Morgan fingerprint density at radius 1 is 1.38 bits per heavy atom. The summed E-state index contributed by atoms with van der Waals surface area (Å²) in [5.41, 5.74) is 6.72. The first kappa shape index (κ1) is 24.5. The molecule has 2 aromatic rings. The Kier molecular flexibility index (Phi) is 10.3. The number of anilines is 1. The lowest BCUT2D eigenvalue weighted by Crippen LogP contribution is -2.22. The fourth-order valence-electron chi connectivity index (χ4n) is 2.20. The van der Waals surface area contributed by atoms with Gasteiger partial charge in [-0.2, -0.15) is 0 Å². The molecule has 156 valence electrons. The number of ether oxygens (including phenoxy) is 1. The van der Waals surface area contributed by atoms with E-state index in [-0.39, 0.29) is 34.1 Å². The monoisotopic (exact) mass is 439 g/mol. The van der Waals surface area contributed by atoms with Crippen molar-refractivity contribution in [1.82, 2.24) is 10.3 Å². The van der Waals surface area contributed by atoms with Gasteiger partial charge >= 0.3 is 0 Å². The Labute approximate surface area is 180 Å². The largest absolute Gasteiger partial charge is 0.482 e. The summed E-state index contributed by atoms with van der Waals surface area (Å²) in [6, 6.07) is 4.20. The van der Waals surface area contributed by atoms with Crippen molar-refractivity contribution in [3.05, 3.63) is 51.4 Å². The number of nitrogens with zero attached hydrogens (tertiary/aromatic N) is 1. The highest BCUT2D eigenvalue weighted by molar-refractivity contribution is 6.36. The molecule has 0 saturated heterocycles. The van der Waals surface area contributed by atoms with Gasteiger partial charge in [-0.3, -0.25) is 4.79 Å². The molecule has 1 atom stereocenters. The molecule has 5 nitrogen and oxygen atoms in total. The first-order valence-corrected chi connectivity index (χ1v) is 9.90. The van der Waals surface area contributed by atoms with Crippen molar-refractivity contribution in [2.75, 3.05) is 12.3 Å². The van der Waals surface area contributed by atoms with Gasteiger partial charge in [0.25, 0.3) is 0 Å². The minimum absolute atomic E-state index is 0.0820. The van der Waals surface area contributed by atoms with E-state index in [0.29, 0.717) is 17.5 Å². The zero-order valence-electron chi connectivity index (χ0n) is 16.8. The summed E-state index contributed by atoms with van der Waals surface area (Å²) in [5.74, 6) is 5.42. The number of pyridine rings is 1. The third-order valence-corrected chi connectivity index (χ3v) is 4.31. The van der Waals surface area contributed by atoms with Gasteiger partial charge in [-0.25, -0.2) is 9.37 Å². The van der Waals surface area contributed by atoms with E-state index in [1.165, 1.54) is 18.3 Å². The maximum absolute atomic E-state index is 13.7. The number of amides is 1. The van der Waals surface area contributed by atoms with E-state index in [1.54, 1.807) is 19.9 Å². The number of nitrogens with two attached hydrogens (primary N) is 1. The van der Waals surface area contributed by atoms with Crippen LogP contribution in [0.5, 0.6) is 5.75 Å². The summed E-state index contributed by atoms with van der Waals surface area (Å²) in [5, 5.41) is 2.82. The molecule has 0 saturated carbocycles. The van der Waals surface area contributed by atoms with Crippen LogP contribution in [0.4, 0.5) is 10.2 Å². The number of carbonyl (C=O) groups is 1. The number of carbonyl (C=O) groups excluding carboxylic acids is 1. The van der Waals surface area contributed by atoms with Gasteiger partial charge in [0.2, 0.25) is 5.91 Å². The van der Waals surface area contributed by atoms with Crippen LogP contribution in [0.3, 0.4) is 0 Å². The van der Waals surface area contributed by atoms with Crippen LogP contribution in [0, 0.1) is 17.7 Å². The summed E-state index contributed by atoms with van der Waals surface area (Å²) in [6.07, 6.45) is 1.22. The van der Waals surface area contributed by atoms with Crippen molar-refractivity contribution < 1.29 is 13.9 Å². The smallest absolute Gasteiger partial charge is 0.220 e. The molecular weight excluding hydrogens is 416 g/mol. The molecule has 3 N–H and O–H groups in total. The number of aromatic nitrogens is 1. The second kappa shape index (κ2) is 12.2. The average Bonchev–Trinajstić information content (AvgIpc) is 2.72. The molecule has 1 aromatic heterocycles. The molecule has 0 aliphatic heterocycles. The molecule has 1 unspecified atom stereocenters. The Bertz CT molecular complexity index is 911. The van der Waals surface area contributed by atoms with Gasteiger partial charge in [0.1, 0.15) is 11.9 Å². The molecule has 0 bridgehead atoms. The molecule has 0 aliphatic rings. The van der Waals surface area contributed by atoms with E-state index in [2.05, 4.69) is 22.1 Å². The van der Waals surface area contributed by atoms with E-state index in [1.807, 2.05) is 13.8 Å². The SMILES string of the molecule is CC.CCC(=O)NCC#Cc1cnc(N)c(OC(C)c2c(Cl)ccc(F)c2Cl)c1. The summed E-state index contributed by atoms with van der Waals surface area (Å²) < 4.78 is 19.5. The number of halogens is 3. The second-order valence-electron chi connectivity index (χ2n) is 5.56. The maximum Gasteiger partial charge on any atom is 0.220 e. The van der Waals surface area contributed by atoms with Crippen LogP contribution >= 0.6 is 23.2 Å². The Morgan fingerprint density at radius 3 is 2.72 bits per heavy atom. The number of nitrogens with one attached hydrogen (secondary N) is 1. The Morgan fingerprint density at radius 2 is 2.07 bits per heavy atom. The zero-order valence-corrected chi connectivity index (χ0v) is 18.3. The third kappa shape index (κ3) is 7.12. The topological polar surface area (TPSA) is 77.2 Å². The number of nitrogen functional groups attached to an aromatic ring is 1. The van der Waals surface area contributed by atoms with E-state index in [0.717, 1.165) is 0 Å². The number of hydrogen-bond acceptors (Lipinski definition) is 4. The van der Waals surface area contributed by atoms with Crippen LogP contribution in [0.2, 0.25) is 10.0 Å². The van der Waals surface area contributed by atoms with Crippen LogP contribution in [0.15, 0.2) is 24.4 Å². The maximum atomic E-state index is 13.7. The van der Waals surface area contributed by atoms with Gasteiger partial charge < -0.3 is 15.8 Å². The van der Waals surface area contributed by atoms with Gasteiger partial charge in [0, 0.05) is 34.8 Å². The molecule has 0 radical (unpaired) electrons. The quantitative estimate of drug-likeness (QED) is 0.498. The van der Waals surface area contributed by atoms with Gasteiger partial charge in [0.15, 0.2) is 11.6 Å². The average molecular weight is 440 g/mol. The van der Waals surface area contributed by atoms with Crippen LogP contribution < -0.4 is 15.8 Å². The molecular formula is C21H24Cl2FN3O2. The number of hydrogen-bond donors (Lipinski definition) is 2. The summed E-state index contributed by atoms with van der Waals surface area (Å²) >= 11 is 12.1. The molecule has 0 aliphatic carbocycles. The standard InChI is InChI=1S/C19H18Cl2FN3O2.C2H6/c1-3-16(26)24-8-4-5-12-9-15(19(23)25-10-12)27-11(2)17-13(20)6-7-14(22)18(17)21;1-2/h6-7,9-11H,3,8H2,1-2H3,(H2,23,25)(H,24,26);1-2H3. The van der Waals surface area contributed by atoms with E-state index >= 15 is 0 Å². The Hall–Kier alpha value is -2.49. The fourth-order valence-corrected chi connectivity index (χ4v) is 2.87. The van der Waals surface area contributed by atoms with Crippen LogP contribution in [0.1, 0.15) is 51.3 Å². The molecule has 1 heterocycles. The summed E-state index contributed by atoms with van der Waals surface area (Å²) in [7, 11) is 0. The van der Waals surface area contributed by atoms with Crippen LogP contribution in [-0.2, 0) is 4.79 Å². The molecule has 2 rings (SSSR count). The highest BCUT2D eigenvalue weighted by atomic mass is 35.5. The minimum Gasteiger partial charge on any atom is -0.482 e. The van der Waals surface area contributed by atoms with E-state index in [9.17, 15) is 9.18 Å². The first-order chi connectivity index (χ1) is 13.8. The molecule has 0 spiro atoms. The lowest BCUT2D eigenvalue weighted by atomic mass is 10.1. The van der Waals surface area contributed by atoms with Crippen molar-refractivity contribution >= 4 is 34.9 Å². The van der Waals surface area contributed by atoms with Gasteiger partial charge in [-0.15, -0.1) is 0 Å². The summed E-state index contributed by atoms with van der Waals surface area (Å²) in [4.78, 5) is 15.2. The van der Waals surface area contributed by atoms with Crippen molar-refractivity contribution in [2.45, 2.75) is 40.2 Å². The molecule has 1 aromatic carbocycles. The van der Waals surface area contributed by atoms with Crippen molar-refractivity contribution in [1.29, 1.82) is 0 Å². The predicted molar refractivity (Wildman–Crippen MR) is 116 cm³/mol. The minimum atomic E-state index is -0.670.